The smallest absolute Gasteiger partial charge is 0.297 e. The highest BCUT2D eigenvalue weighted by Crippen LogP contribution is 2.37. The van der Waals surface area contributed by atoms with Crippen LogP contribution >= 0.6 is 22.6 Å². The van der Waals surface area contributed by atoms with Crippen LogP contribution in [0.15, 0.2) is 47.4 Å². The summed E-state index contributed by atoms with van der Waals surface area (Å²) < 4.78 is 76.5. The van der Waals surface area contributed by atoms with Crippen LogP contribution in [0.1, 0.15) is 92.8 Å². The highest BCUT2D eigenvalue weighted by molar-refractivity contribution is 14.1. The topological polar surface area (TPSA) is 95.9 Å². The van der Waals surface area contributed by atoms with Crippen LogP contribution < -0.4 is 5.32 Å². The Bertz CT molecular complexity index is 1680. The van der Waals surface area contributed by atoms with Crippen LogP contribution in [0.25, 0.3) is 0 Å². The number of nitrogens with zero attached hydrogens (tertiary/aromatic N) is 1. The van der Waals surface area contributed by atoms with Gasteiger partial charge in [-0.05, 0) is 87.4 Å². The Hall–Kier alpha value is -2.68. The van der Waals surface area contributed by atoms with Crippen LogP contribution in [0.5, 0.6) is 0 Å². The normalized spacial score (nSPS) is 14.8. The molecule has 3 aromatic rings. The molecule has 1 heterocycles. The molecule has 0 saturated carbocycles. The molecule has 4 rings (SSSR count). The van der Waals surface area contributed by atoms with E-state index in [9.17, 15) is 31.5 Å². The summed E-state index contributed by atoms with van der Waals surface area (Å²) in [6, 6.07) is 9.82. The first-order valence-electron chi connectivity index (χ1n) is 14.7. The Balaban J connectivity index is 1.47. The first-order valence-corrected chi connectivity index (χ1v) is 17.2. The molecule has 244 valence electrons. The SMILES string of the molecule is CC(C)c1cc(C(C)C)c(S(=O)(=O)OCCC2(O)CN(C(=O)c3ccc(F)c(F)c3Nc3ccc(I)cc3F)C2)c(C(C)C)c1. The van der Waals surface area contributed by atoms with Gasteiger partial charge in [-0.2, -0.15) is 8.42 Å². The number of carbonyl (C=O) groups is 1. The minimum Gasteiger partial charge on any atom is -0.386 e. The maximum Gasteiger partial charge on any atom is 0.297 e. The van der Waals surface area contributed by atoms with Crippen molar-refractivity contribution >= 4 is 50.0 Å². The Labute approximate surface area is 276 Å². The van der Waals surface area contributed by atoms with Gasteiger partial charge in [0.1, 0.15) is 16.3 Å². The summed E-state index contributed by atoms with van der Waals surface area (Å²) in [4.78, 5) is 14.7. The maximum absolute atomic E-state index is 14.8. The van der Waals surface area contributed by atoms with E-state index in [1.165, 1.54) is 17.0 Å². The summed E-state index contributed by atoms with van der Waals surface area (Å²) in [5.74, 6) is -3.96. The maximum atomic E-state index is 14.8. The van der Waals surface area contributed by atoms with Crippen molar-refractivity contribution < 1.29 is 35.7 Å². The number of carbonyl (C=O) groups excluding carboxylic acids is 1. The van der Waals surface area contributed by atoms with Gasteiger partial charge in [0.05, 0.1) is 36.6 Å². The first kappa shape index (κ1) is 35.2. The average Bonchev–Trinajstić information content (AvgIpc) is 2.94. The van der Waals surface area contributed by atoms with Gasteiger partial charge >= 0.3 is 0 Å². The molecule has 1 aliphatic heterocycles. The standard InChI is InChI=1S/C33H38F3IN2O5S/c1-18(2)21-13-24(19(3)4)31(25(14-21)20(5)6)45(42,43)44-12-11-33(41)16-39(17-33)32(40)23-8-9-26(34)29(36)30(23)38-28-10-7-22(37)15-27(28)35/h7-10,13-15,18-20,38,41H,11-12,16-17H2,1-6H3. The summed E-state index contributed by atoms with van der Waals surface area (Å²) in [6.45, 7) is 11.1. The summed E-state index contributed by atoms with van der Waals surface area (Å²) in [5, 5.41) is 13.5. The number of hydrogen-bond donors (Lipinski definition) is 2. The second-order valence-electron chi connectivity index (χ2n) is 12.4. The molecule has 0 spiro atoms. The second kappa shape index (κ2) is 13.6. The third kappa shape index (κ3) is 7.66. The zero-order chi connectivity index (χ0) is 33.4. The Kier molecular flexibility index (Phi) is 10.6. The number of hydrogen-bond acceptors (Lipinski definition) is 6. The molecule has 1 aliphatic rings. The molecule has 0 aliphatic carbocycles. The molecule has 1 saturated heterocycles. The molecule has 0 atom stereocenters. The number of amides is 1. The highest BCUT2D eigenvalue weighted by Gasteiger charge is 2.44. The van der Waals surface area contributed by atoms with Crippen molar-refractivity contribution in [3.05, 3.63) is 85.7 Å². The largest absolute Gasteiger partial charge is 0.386 e. The van der Waals surface area contributed by atoms with Gasteiger partial charge < -0.3 is 15.3 Å². The molecule has 12 heteroatoms. The van der Waals surface area contributed by atoms with Crippen molar-refractivity contribution in [2.75, 3.05) is 25.0 Å². The molecule has 7 nitrogen and oxygen atoms in total. The molecule has 3 aromatic carbocycles. The number of aliphatic hydroxyl groups is 1. The van der Waals surface area contributed by atoms with Crippen molar-refractivity contribution in [3.8, 4) is 0 Å². The third-order valence-electron chi connectivity index (χ3n) is 7.91. The van der Waals surface area contributed by atoms with Crippen molar-refractivity contribution in [2.24, 2.45) is 0 Å². The van der Waals surface area contributed by atoms with Gasteiger partial charge in [-0.25, -0.2) is 13.2 Å². The fourth-order valence-corrected chi connectivity index (χ4v) is 7.33. The van der Waals surface area contributed by atoms with E-state index in [1.54, 1.807) is 6.07 Å². The molecule has 0 unspecified atom stereocenters. The average molecular weight is 759 g/mol. The molecular formula is C33H38F3IN2O5S. The van der Waals surface area contributed by atoms with Gasteiger partial charge in [0.15, 0.2) is 11.6 Å². The highest BCUT2D eigenvalue weighted by atomic mass is 127. The van der Waals surface area contributed by atoms with Gasteiger partial charge in [0.2, 0.25) is 0 Å². The van der Waals surface area contributed by atoms with E-state index in [2.05, 4.69) is 19.2 Å². The van der Waals surface area contributed by atoms with Crippen molar-refractivity contribution in [1.82, 2.24) is 4.90 Å². The molecule has 0 bridgehead atoms. The van der Waals surface area contributed by atoms with E-state index in [1.807, 2.05) is 62.4 Å². The quantitative estimate of drug-likeness (QED) is 0.153. The number of β-amino-alcohol motifs (C(OH)–C–C–N with tert-alkyl or cyclic N) is 1. The number of rotatable bonds is 11. The van der Waals surface area contributed by atoms with E-state index in [4.69, 9.17) is 4.18 Å². The predicted octanol–water partition coefficient (Wildman–Crippen LogP) is 7.80. The lowest BCUT2D eigenvalue weighted by Crippen LogP contribution is -2.63. The van der Waals surface area contributed by atoms with E-state index in [0.29, 0.717) is 14.7 Å². The lowest BCUT2D eigenvalue weighted by molar-refractivity contribution is -0.0906. The first-order chi connectivity index (χ1) is 20.9. The minimum atomic E-state index is -4.19. The molecule has 2 N–H and O–H groups in total. The van der Waals surface area contributed by atoms with Gasteiger partial charge in [-0.15, -0.1) is 0 Å². The Morgan fingerprint density at radius 3 is 2.09 bits per heavy atom. The molecular weight excluding hydrogens is 720 g/mol. The lowest BCUT2D eigenvalue weighted by Gasteiger charge is -2.46. The summed E-state index contributed by atoms with van der Waals surface area (Å²) in [7, 11) is -4.19. The van der Waals surface area contributed by atoms with Crippen molar-refractivity contribution in [1.29, 1.82) is 0 Å². The molecule has 0 aromatic heterocycles. The summed E-state index contributed by atoms with van der Waals surface area (Å²) in [5.41, 5.74) is -0.000856. The van der Waals surface area contributed by atoms with Gasteiger partial charge in [0, 0.05) is 9.99 Å². The van der Waals surface area contributed by atoms with Crippen LogP contribution in [-0.4, -0.2) is 49.6 Å². The van der Waals surface area contributed by atoms with Crippen LogP contribution in [0.2, 0.25) is 0 Å². The van der Waals surface area contributed by atoms with Crippen molar-refractivity contribution in [2.45, 2.75) is 76.2 Å². The zero-order valence-electron chi connectivity index (χ0n) is 26.0. The van der Waals surface area contributed by atoms with E-state index in [-0.39, 0.29) is 60.0 Å². The second-order valence-corrected chi connectivity index (χ2v) is 15.2. The van der Waals surface area contributed by atoms with E-state index < -0.39 is 44.8 Å². The molecule has 0 radical (unpaired) electrons. The summed E-state index contributed by atoms with van der Waals surface area (Å²) >= 11 is 1.91. The van der Waals surface area contributed by atoms with Crippen LogP contribution in [0.4, 0.5) is 24.5 Å². The monoisotopic (exact) mass is 758 g/mol. The number of benzene rings is 3. The lowest BCUT2D eigenvalue weighted by atomic mass is 9.89. The molecule has 1 fully saturated rings. The van der Waals surface area contributed by atoms with E-state index in [0.717, 1.165) is 17.7 Å². The Morgan fingerprint density at radius 1 is 0.956 bits per heavy atom. The Morgan fingerprint density at radius 2 is 1.56 bits per heavy atom. The van der Waals surface area contributed by atoms with Crippen LogP contribution in [-0.2, 0) is 14.3 Å². The number of halogens is 4. The van der Waals surface area contributed by atoms with Crippen molar-refractivity contribution in [3.63, 3.8) is 0 Å². The molecule has 1 amide bonds. The van der Waals surface area contributed by atoms with E-state index >= 15 is 0 Å². The fraction of sp³-hybridized carbons (Fsp3) is 0.424. The third-order valence-corrected chi connectivity index (χ3v) is 10.0. The number of anilines is 2. The molecule has 45 heavy (non-hydrogen) atoms. The summed E-state index contributed by atoms with van der Waals surface area (Å²) in [6.07, 6.45) is -0.0924. The predicted molar refractivity (Wildman–Crippen MR) is 176 cm³/mol. The van der Waals surface area contributed by atoms with Gasteiger partial charge in [-0.1, -0.05) is 53.7 Å². The zero-order valence-corrected chi connectivity index (χ0v) is 29.0. The van der Waals surface area contributed by atoms with Gasteiger partial charge in [0.25, 0.3) is 16.0 Å². The number of nitrogens with one attached hydrogen (secondary N) is 1. The van der Waals surface area contributed by atoms with Crippen LogP contribution in [0.3, 0.4) is 0 Å². The fourth-order valence-electron chi connectivity index (χ4n) is 5.29. The van der Waals surface area contributed by atoms with Crippen LogP contribution in [0, 0.1) is 21.0 Å². The minimum absolute atomic E-state index is 0.0808. The number of likely N-dealkylation sites (tertiary alicyclic amines) is 1. The van der Waals surface area contributed by atoms with Gasteiger partial charge in [-0.3, -0.25) is 8.98 Å².